The summed E-state index contributed by atoms with van der Waals surface area (Å²) in [6.45, 7) is 1.30. The van der Waals surface area contributed by atoms with Gasteiger partial charge in [0.2, 0.25) is 0 Å². The first-order valence-corrected chi connectivity index (χ1v) is 7.75. The Labute approximate surface area is 155 Å². The van der Waals surface area contributed by atoms with Crippen LogP contribution in [0.15, 0.2) is 48.5 Å². The van der Waals surface area contributed by atoms with E-state index in [1.165, 1.54) is 24.3 Å². The molecule has 25 heavy (non-hydrogen) atoms. The minimum absolute atomic E-state index is 0. The molecule has 0 amide bonds. The molecule has 1 heterocycles. The third-order valence-corrected chi connectivity index (χ3v) is 4.11. The van der Waals surface area contributed by atoms with Crippen LogP contribution in [0.4, 0.5) is 9.18 Å². The summed E-state index contributed by atoms with van der Waals surface area (Å²) in [7, 11) is 0. The Morgan fingerprint density at radius 3 is 2.36 bits per heavy atom. The number of hydrogen-bond acceptors (Lipinski definition) is 4. The molecular formula is C18H19BrFNO4. The molecule has 7 heteroatoms. The molecule has 2 N–H and O–H groups in total. The van der Waals surface area contributed by atoms with E-state index in [2.05, 4.69) is 5.32 Å². The highest BCUT2D eigenvalue weighted by atomic mass is 79.9. The minimum atomic E-state index is -1.31. The molecule has 0 atom stereocenters. The third kappa shape index (κ3) is 4.49. The molecule has 0 aliphatic carbocycles. The van der Waals surface area contributed by atoms with Gasteiger partial charge in [-0.25, -0.2) is 9.18 Å². The van der Waals surface area contributed by atoms with Crippen molar-refractivity contribution >= 4 is 23.1 Å². The fraction of sp³-hybridized carbons (Fsp3) is 0.278. The molecule has 3 rings (SSSR count). The van der Waals surface area contributed by atoms with Gasteiger partial charge in [0.05, 0.1) is 0 Å². The molecule has 1 saturated heterocycles. The first-order chi connectivity index (χ1) is 11.6. The second-order valence-electron chi connectivity index (χ2n) is 5.66. The van der Waals surface area contributed by atoms with Crippen molar-refractivity contribution < 1.29 is 23.8 Å². The molecule has 5 nitrogen and oxygen atoms in total. The van der Waals surface area contributed by atoms with Crippen LogP contribution >= 0.6 is 17.0 Å². The smallest absolute Gasteiger partial charge is 0.457 e. The average molecular weight is 412 g/mol. The third-order valence-electron chi connectivity index (χ3n) is 4.11. The first kappa shape index (κ1) is 19.2. The van der Waals surface area contributed by atoms with Gasteiger partial charge in [0.15, 0.2) is 0 Å². The number of halogens is 2. The van der Waals surface area contributed by atoms with E-state index in [0.717, 1.165) is 0 Å². The largest absolute Gasteiger partial charge is 0.506 e. The Balaban J connectivity index is 0.00000225. The van der Waals surface area contributed by atoms with Crippen LogP contribution in [0, 0.1) is 5.82 Å². The van der Waals surface area contributed by atoms with Gasteiger partial charge in [0, 0.05) is 18.4 Å². The van der Waals surface area contributed by atoms with Gasteiger partial charge in [-0.15, -0.1) is 17.0 Å². The lowest BCUT2D eigenvalue weighted by Gasteiger charge is -2.37. The van der Waals surface area contributed by atoms with Gasteiger partial charge in [-0.2, -0.15) is 0 Å². The average Bonchev–Trinajstić information content (AvgIpc) is 2.58. The Bertz CT molecular complexity index is 717. The highest BCUT2D eigenvalue weighted by molar-refractivity contribution is 8.93. The van der Waals surface area contributed by atoms with Gasteiger partial charge in [-0.3, -0.25) is 0 Å². The number of para-hydroxylation sites is 1. The van der Waals surface area contributed by atoms with Crippen LogP contribution in [0.1, 0.15) is 18.4 Å². The molecule has 2 aromatic carbocycles. The van der Waals surface area contributed by atoms with Crippen LogP contribution in [0.2, 0.25) is 0 Å². The van der Waals surface area contributed by atoms with Gasteiger partial charge in [-0.05, 0) is 43.4 Å². The lowest BCUT2D eigenvalue weighted by atomic mass is 9.84. The molecule has 2 aromatic rings. The molecule has 1 aliphatic rings. The Kier molecular flexibility index (Phi) is 6.39. The lowest BCUT2D eigenvalue weighted by molar-refractivity contribution is -0.0427. The van der Waals surface area contributed by atoms with Crippen molar-refractivity contribution in [1.29, 1.82) is 0 Å². The summed E-state index contributed by atoms with van der Waals surface area (Å²) in [5, 5.41) is 12.4. The molecule has 134 valence electrons. The number of ether oxygens (including phenoxy) is 2. The van der Waals surface area contributed by atoms with E-state index in [9.17, 15) is 14.3 Å². The number of carboxylic acid groups (broad SMARTS) is 1. The van der Waals surface area contributed by atoms with E-state index in [4.69, 9.17) is 9.47 Å². The lowest BCUT2D eigenvalue weighted by Crippen LogP contribution is -2.43. The van der Waals surface area contributed by atoms with E-state index >= 15 is 0 Å². The fourth-order valence-corrected chi connectivity index (χ4v) is 2.99. The molecule has 0 radical (unpaired) electrons. The number of benzene rings is 2. The minimum Gasteiger partial charge on any atom is -0.457 e. The first-order valence-electron chi connectivity index (χ1n) is 7.75. The van der Waals surface area contributed by atoms with Crippen molar-refractivity contribution in [2.45, 2.75) is 18.4 Å². The summed E-state index contributed by atoms with van der Waals surface area (Å²) in [6, 6.07) is 12.9. The highest BCUT2D eigenvalue weighted by Crippen LogP contribution is 2.41. The van der Waals surface area contributed by atoms with Crippen LogP contribution in [0.5, 0.6) is 11.5 Å². The van der Waals surface area contributed by atoms with E-state index in [1.807, 2.05) is 12.1 Å². The van der Waals surface area contributed by atoms with Crippen molar-refractivity contribution in [2.75, 3.05) is 13.1 Å². The van der Waals surface area contributed by atoms with Gasteiger partial charge in [0.1, 0.15) is 22.9 Å². The van der Waals surface area contributed by atoms with E-state index in [1.54, 1.807) is 12.1 Å². The highest BCUT2D eigenvalue weighted by Gasteiger charge is 2.40. The van der Waals surface area contributed by atoms with E-state index in [0.29, 0.717) is 43.0 Å². The maximum Gasteiger partial charge on any atom is 0.506 e. The van der Waals surface area contributed by atoms with Gasteiger partial charge >= 0.3 is 6.16 Å². The van der Waals surface area contributed by atoms with Crippen LogP contribution in [-0.4, -0.2) is 24.4 Å². The summed E-state index contributed by atoms with van der Waals surface area (Å²) in [6.07, 6.45) is -0.278. The normalized spacial score (nSPS) is 15.7. The van der Waals surface area contributed by atoms with Crippen LogP contribution < -0.4 is 10.1 Å². The summed E-state index contributed by atoms with van der Waals surface area (Å²) < 4.78 is 24.2. The van der Waals surface area contributed by atoms with Crippen molar-refractivity contribution in [2.24, 2.45) is 0 Å². The fourth-order valence-electron chi connectivity index (χ4n) is 2.99. The Morgan fingerprint density at radius 2 is 1.72 bits per heavy atom. The van der Waals surface area contributed by atoms with Crippen molar-refractivity contribution in [3.05, 3.63) is 59.9 Å². The number of nitrogens with one attached hydrogen (secondary N) is 1. The standard InChI is InChI=1S/C18H18FNO4.BrH/c19-13-5-7-14(8-6-13)23-16-4-2-1-3-15(16)18(24-17(21)22)9-11-20-12-10-18;/h1-8,20H,9-12H2,(H,21,22);1H. The van der Waals surface area contributed by atoms with E-state index < -0.39 is 11.8 Å². The van der Waals surface area contributed by atoms with Gasteiger partial charge in [-0.1, -0.05) is 18.2 Å². The topological polar surface area (TPSA) is 67.8 Å². The van der Waals surface area contributed by atoms with E-state index in [-0.39, 0.29) is 22.8 Å². The SMILES string of the molecule is Br.O=C(O)OC1(c2ccccc2Oc2ccc(F)cc2)CCNCC1. The molecule has 0 unspecified atom stereocenters. The number of hydrogen-bond donors (Lipinski definition) is 2. The zero-order valence-corrected chi connectivity index (χ0v) is 15.1. The Morgan fingerprint density at radius 1 is 1.08 bits per heavy atom. The molecular weight excluding hydrogens is 393 g/mol. The molecule has 1 fully saturated rings. The molecule has 0 aromatic heterocycles. The summed E-state index contributed by atoms with van der Waals surface area (Å²) >= 11 is 0. The number of rotatable bonds is 4. The predicted octanol–water partition coefficient (Wildman–Crippen LogP) is 4.47. The quantitative estimate of drug-likeness (QED) is 0.726. The molecule has 0 bridgehead atoms. The zero-order valence-electron chi connectivity index (χ0n) is 13.4. The van der Waals surface area contributed by atoms with Crippen molar-refractivity contribution in [3.8, 4) is 11.5 Å². The summed E-state index contributed by atoms with van der Waals surface area (Å²) in [4.78, 5) is 11.2. The monoisotopic (exact) mass is 411 g/mol. The van der Waals surface area contributed by atoms with Crippen LogP contribution in [0.3, 0.4) is 0 Å². The van der Waals surface area contributed by atoms with Crippen molar-refractivity contribution in [3.63, 3.8) is 0 Å². The molecule has 1 aliphatic heterocycles. The Hall–Kier alpha value is -2.12. The second-order valence-corrected chi connectivity index (χ2v) is 5.66. The number of piperidine rings is 1. The van der Waals surface area contributed by atoms with Crippen molar-refractivity contribution in [1.82, 2.24) is 5.32 Å². The zero-order chi connectivity index (χ0) is 17.0. The van der Waals surface area contributed by atoms with Crippen LogP contribution in [0.25, 0.3) is 0 Å². The van der Waals surface area contributed by atoms with Gasteiger partial charge < -0.3 is 19.9 Å². The maximum atomic E-state index is 13.1. The summed E-state index contributed by atoms with van der Waals surface area (Å²) in [5.41, 5.74) is -0.272. The second kappa shape index (κ2) is 8.31. The predicted molar refractivity (Wildman–Crippen MR) is 96.1 cm³/mol. The molecule has 0 spiro atoms. The molecule has 0 saturated carbocycles. The maximum absolute atomic E-state index is 13.1. The summed E-state index contributed by atoms with van der Waals surface area (Å²) in [5.74, 6) is 0.634. The van der Waals surface area contributed by atoms with Gasteiger partial charge in [0.25, 0.3) is 0 Å². The van der Waals surface area contributed by atoms with Crippen LogP contribution in [-0.2, 0) is 10.3 Å². The number of carbonyl (C=O) groups is 1.